The lowest BCUT2D eigenvalue weighted by atomic mass is 10.0. The Labute approximate surface area is 137 Å². The SMILES string of the molecule is Cc1ccc2c(c1)N(C(C)C(=O)OCC(C)C)C(=O)C(C)(C)O2. The van der Waals surface area contributed by atoms with Crippen LogP contribution in [0.5, 0.6) is 5.75 Å². The molecule has 5 heteroatoms. The Balaban J connectivity index is 2.37. The number of nitrogens with zero attached hydrogens (tertiary/aromatic N) is 1. The molecule has 126 valence electrons. The van der Waals surface area contributed by atoms with Crippen LogP contribution in [0.15, 0.2) is 18.2 Å². The van der Waals surface area contributed by atoms with Crippen molar-refractivity contribution >= 4 is 17.6 Å². The van der Waals surface area contributed by atoms with E-state index in [2.05, 4.69) is 0 Å². The minimum Gasteiger partial charge on any atom is -0.476 e. The van der Waals surface area contributed by atoms with Crippen molar-refractivity contribution in [3.8, 4) is 5.75 Å². The zero-order valence-corrected chi connectivity index (χ0v) is 14.7. The molecule has 2 rings (SSSR count). The number of anilines is 1. The van der Waals surface area contributed by atoms with Crippen LogP contribution >= 0.6 is 0 Å². The number of hydrogen-bond donors (Lipinski definition) is 0. The van der Waals surface area contributed by atoms with E-state index >= 15 is 0 Å². The second-order valence-electron chi connectivity index (χ2n) is 6.96. The molecule has 0 bridgehead atoms. The lowest BCUT2D eigenvalue weighted by Crippen LogP contribution is -2.57. The maximum absolute atomic E-state index is 12.8. The molecule has 0 aromatic heterocycles. The van der Waals surface area contributed by atoms with Gasteiger partial charge in [-0.15, -0.1) is 0 Å². The molecule has 0 aliphatic carbocycles. The molecule has 1 aliphatic rings. The van der Waals surface area contributed by atoms with Gasteiger partial charge in [-0.1, -0.05) is 19.9 Å². The Morgan fingerprint density at radius 1 is 1.30 bits per heavy atom. The number of aryl methyl sites for hydroxylation is 1. The topological polar surface area (TPSA) is 55.8 Å². The van der Waals surface area contributed by atoms with Crippen molar-refractivity contribution in [3.63, 3.8) is 0 Å². The van der Waals surface area contributed by atoms with Crippen molar-refractivity contribution in [2.75, 3.05) is 11.5 Å². The van der Waals surface area contributed by atoms with Gasteiger partial charge in [-0.25, -0.2) is 4.79 Å². The summed E-state index contributed by atoms with van der Waals surface area (Å²) in [7, 11) is 0. The van der Waals surface area contributed by atoms with E-state index in [0.717, 1.165) is 5.56 Å². The Bertz CT molecular complexity index is 621. The van der Waals surface area contributed by atoms with Crippen LogP contribution in [0, 0.1) is 12.8 Å². The fraction of sp³-hybridized carbons (Fsp3) is 0.556. The average molecular weight is 319 g/mol. The number of hydrogen-bond acceptors (Lipinski definition) is 4. The summed E-state index contributed by atoms with van der Waals surface area (Å²) < 4.78 is 11.1. The first-order valence-corrected chi connectivity index (χ1v) is 7.93. The summed E-state index contributed by atoms with van der Waals surface area (Å²) in [5.74, 6) is 0.197. The summed E-state index contributed by atoms with van der Waals surface area (Å²) in [6.07, 6.45) is 0. The van der Waals surface area contributed by atoms with Gasteiger partial charge in [0.2, 0.25) is 0 Å². The molecule has 1 heterocycles. The molecule has 23 heavy (non-hydrogen) atoms. The number of ether oxygens (including phenoxy) is 2. The van der Waals surface area contributed by atoms with Gasteiger partial charge < -0.3 is 9.47 Å². The smallest absolute Gasteiger partial charge is 0.328 e. The zero-order valence-electron chi connectivity index (χ0n) is 14.7. The van der Waals surface area contributed by atoms with E-state index in [9.17, 15) is 9.59 Å². The van der Waals surface area contributed by atoms with Gasteiger partial charge in [0.1, 0.15) is 11.8 Å². The average Bonchev–Trinajstić information content (AvgIpc) is 2.46. The number of benzene rings is 1. The Hall–Kier alpha value is -2.04. The first kappa shape index (κ1) is 17.3. The van der Waals surface area contributed by atoms with E-state index in [0.29, 0.717) is 18.0 Å². The van der Waals surface area contributed by atoms with Gasteiger partial charge in [-0.2, -0.15) is 0 Å². The number of rotatable bonds is 4. The lowest BCUT2D eigenvalue weighted by Gasteiger charge is -2.41. The van der Waals surface area contributed by atoms with Crippen molar-refractivity contribution in [2.24, 2.45) is 5.92 Å². The van der Waals surface area contributed by atoms with E-state index in [4.69, 9.17) is 9.47 Å². The predicted octanol–water partition coefficient (Wildman–Crippen LogP) is 3.09. The highest BCUT2D eigenvalue weighted by Gasteiger charge is 2.44. The molecule has 0 spiro atoms. The normalized spacial score (nSPS) is 17.5. The molecular weight excluding hydrogens is 294 g/mol. The number of fused-ring (bicyclic) bond motifs is 1. The molecule has 1 unspecified atom stereocenters. The zero-order chi connectivity index (χ0) is 17.4. The number of esters is 1. The third-order valence-electron chi connectivity index (χ3n) is 3.76. The Kier molecular flexibility index (Phi) is 4.68. The molecule has 0 fully saturated rings. The third kappa shape index (κ3) is 3.49. The number of amides is 1. The van der Waals surface area contributed by atoms with E-state index in [-0.39, 0.29) is 11.8 Å². The van der Waals surface area contributed by atoms with Crippen molar-refractivity contribution in [1.82, 2.24) is 0 Å². The summed E-state index contributed by atoms with van der Waals surface area (Å²) in [5, 5.41) is 0. The third-order valence-corrected chi connectivity index (χ3v) is 3.76. The minimum absolute atomic E-state index is 0.246. The van der Waals surface area contributed by atoms with Crippen molar-refractivity contribution < 1.29 is 19.1 Å². The first-order chi connectivity index (χ1) is 10.6. The second kappa shape index (κ2) is 6.22. The van der Waals surface area contributed by atoms with Crippen molar-refractivity contribution in [2.45, 2.75) is 53.2 Å². The fourth-order valence-electron chi connectivity index (χ4n) is 2.48. The summed E-state index contributed by atoms with van der Waals surface area (Å²) in [5.41, 5.74) is 0.588. The molecule has 0 N–H and O–H groups in total. The highest BCUT2D eigenvalue weighted by Crippen LogP contribution is 2.39. The number of carbonyl (C=O) groups excluding carboxylic acids is 2. The van der Waals surface area contributed by atoms with Gasteiger partial charge in [0, 0.05) is 0 Å². The van der Waals surface area contributed by atoms with Crippen LogP contribution in [0.25, 0.3) is 0 Å². The van der Waals surface area contributed by atoms with E-state index in [1.807, 2.05) is 39.0 Å². The monoisotopic (exact) mass is 319 g/mol. The Morgan fingerprint density at radius 3 is 2.57 bits per heavy atom. The van der Waals surface area contributed by atoms with Crippen molar-refractivity contribution in [1.29, 1.82) is 0 Å². The van der Waals surface area contributed by atoms with Gasteiger partial charge in [0.15, 0.2) is 5.60 Å². The highest BCUT2D eigenvalue weighted by atomic mass is 16.5. The molecule has 1 amide bonds. The van der Waals surface area contributed by atoms with Crippen LogP contribution in [0.4, 0.5) is 5.69 Å². The van der Waals surface area contributed by atoms with Crippen LogP contribution in [0.1, 0.15) is 40.2 Å². The fourth-order valence-corrected chi connectivity index (χ4v) is 2.48. The summed E-state index contributed by atoms with van der Waals surface area (Å²) in [6, 6.07) is 4.90. The summed E-state index contributed by atoms with van der Waals surface area (Å²) in [4.78, 5) is 26.6. The van der Waals surface area contributed by atoms with E-state index < -0.39 is 17.6 Å². The first-order valence-electron chi connectivity index (χ1n) is 7.93. The molecule has 1 aromatic rings. The van der Waals surface area contributed by atoms with Gasteiger partial charge in [0.05, 0.1) is 12.3 Å². The maximum Gasteiger partial charge on any atom is 0.328 e. The Morgan fingerprint density at radius 2 is 1.96 bits per heavy atom. The van der Waals surface area contributed by atoms with Gasteiger partial charge >= 0.3 is 5.97 Å². The quantitative estimate of drug-likeness (QED) is 0.800. The molecular formula is C18H25NO4. The number of carbonyl (C=O) groups is 2. The predicted molar refractivity (Wildman–Crippen MR) is 88.6 cm³/mol. The molecule has 1 atom stereocenters. The van der Waals surface area contributed by atoms with E-state index in [1.165, 1.54) is 4.90 Å². The molecule has 1 aromatic carbocycles. The van der Waals surface area contributed by atoms with Gasteiger partial charge in [-0.05, 0) is 51.3 Å². The van der Waals surface area contributed by atoms with Crippen LogP contribution in [0.2, 0.25) is 0 Å². The molecule has 0 radical (unpaired) electrons. The largest absolute Gasteiger partial charge is 0.476 e. The van der Waals surface area contributed by atoms with Crippen molar-refractivity contribution in [3.05, 3.63) is 23.8 Å². The molecule has 5 nitrogen and oxygen atoms in total. The van der Waals surface area contributed by atoms with Gasteiger partial charge in [0.25, 0.3) is 5.91 Å². The lowest BCUT2D eigenvalue weighted by molar-refractivity contribution is -0.148. The van der Waals surface area contributed by atoms with Crippen LogP contribution in [0.3, 0.4) is 0 Å². The van der Waals surface area contributed by atoms with Crippen LogP contribution in [-0.4, -0.2) is 30.1 Å². The van der Waals surface area contributed by atoms with Gasteiger partial charge in [-0.3, -0.25) is 9.69 Å². The summed E-state index contributed by atoms with van der Waals surface area (Å²) in [6.45, 7) is 11.3. The summed E-state index contributed by atoms with van der Waals surface area (Å²) >= 11 is 0. The highest BCUT2D eigenvalue weighted by molar-refractivity contribution is 6.06. The van der Waals surface area contributed by atoms with Crippen LogP contribution in [-0.2, 0) is 14.3 Å². The van der Waals surface area contributed by atoms with Crippen LogP contribution < -0.4 is 9.64 Å². The molecule has 0 saturated heterocycles. The standard InChI is InChI=1S/C18H25NO4/c1-11(2)10-22-16(20)13(4)19-14-9-12(3)7-8-15(14)23-18(5,6)17(19)21/h7-9,11,13H,10H2,1-6H3. The molecule has 1 aliphatic heterocycles. The second-order valence-corrected chi connectivity index (χ2v) is 6.96. The molecule has 0 saturated carbocycles. The maximum atomic E-state index is 12.8. The minimum atomic E-state index is -1.02. The van der Waals surface area contributed by atoms with E-state index in [1.54, 1.807) is 20.8 Å².